The highest BCUT2D eigenvalue weighted by Gasteiger charge is 2.29. The number of amides is 2. The van der Waals surface area contributed by atoms with Crippen molar-refractivity contribution in [3.63, 3.8) is 0 Å². The monoisotopic (exact) mass is 594 g/mol. The second-order valence-electron chi connectivity index (χ2n) is 11.6. The van der Waals surface area contributed by atoms with E-state index in [1.807, 2.05) is 48.5 Å². The molecular formula is C35H54N4O4. The molecule has 0 aliphatic heterocycles. The molecule has 0 aliphatic rings. The normalized spacial score (nSPS) is 12.4. The van der Waals surface area contributed by atoms with Crippen LogP contribution in [-0.4, -0.2) is 39.8 Å². The molecule has 2 rings (SSSR count). The highest BCUT2D eigenvalue weighted by Crippen LogP contribution is 2.20. The number of ether oxygens (including phenoxy) is 1. The van der Waals surface area contributed by atoms with E-state index in [2.05, 4.69) is 11.9 Å². The summed E-state index contributed by atoms with van der Waals surface area (Å²) in [5, 5.41) is 0. The van der Waals surface area contributed by atoms with Gasteiger partial charge in [0.15, 0.2) is 0 Å². The zero-order chi connectivity index (χ0) is 31.1. The number of aromatic nitrogens is 1. The molecular weight excluding hydrogens is 540 g/mol. The molecule has 0 aliphatic carbocycles. The fourth-order valence-electron chi connectivity index (χ4n) is 5.31. The highest BCUT2D eigenvalue weighted by atomic mass is 16.5. The Labute approximate surface area is 259 Å². The molecule has 2 atom stereocenters. The lowest BCUT2D eigenvalue weighted by Gasteiger charge is -2.33. The van der Waals surface area contributed by atoms with Gasteiger partial charge in [-0.3, -0.25) is 19.4 Å². The fraction of sp³-hybridized carbons (Fsp3) is 0.600. The summed E-state index contributed by atoms with van der Waals surface area (Å²) in [6, 6.07) is 13.9. The van der Waals surface area contributed by atoms with Gasteiger partial charge in [-0.15, -0.1) is 0 Å². The molecule has 0 radical (unpaired) electrons. The van der Waals surface area contributed by atoms with Crippen LogP contribution in [0.25, 0.3) is 0 Å². The van der Waals surface area contributed by atoms with Crippen LogP contribution in [0.4, 0.5) is 0 Å². The quantitative estimate of drug-likeness (QED) is 0.104. The number of carbonyl (C=O) groups is 3. The molecule has 2 aromatic rings. The van der Waals surface area contributed by atoms with Gasteiger partial charge in [-0.25, -0.2) is 0 Å². The van der Waals surface area contributed by atoms with E-state index in [0.29, 0.717) is 19.3 Å². The molecule has 0 saturated carbocycles. The first kappa shape index (κ1) is 35.9. The van der Waals surface area contributed by atoms with E-state index >= 15 is 0 Å². The molecule has 8 nitrogen and oxygen atoms in total. The summed E-state index contributed by atoms with van der Waals surface area (Å²) in [4.78, 5) is 44.0. The Hall–Kier alpha value is -3.26. The predicted octanol–water partition coefficient (Wildman–Crippen LogP) is 6.60. The molecule has 0 spiro atoms. The number of hydrogen-bond acceptors (Lipinski definition) is 6. The molecule has 4 N–H and O–H groups in total. The average molecular weight is 595 g/mol. The minimum atomic E-state index is -0.807. The number of hydrogen-bond donors (Lipinski definition) is 2. The van der Waals surface area contributed by atoms with E-state index in [1.54, 1.807) is 11.1 Å². The lowest BCUT2D eigenvalue weighted by molar-refractivity contribution is -0.145. The molecule has 238 valence electrons. The number of nitrogens with two attached hydrogens (primary N) is 2. The molecule has 0 saturated heterocycles. The van der Waals surface area contributed by atoms with E-state index in [9.17, 15) is 14.4 Å². The molecule has 8 heteroatoms. The Morgan fingerprint density at radius 2 is 1.44 bits per heavy atom. The van der Waals surface area contributed by atoms with Crippen molar-refractivity contribution in [2.24, 2.45) is 11.5 Å². The molecule has 43 heavy (non-hydrogen) atoms. The zero-order valence-electron chi connectivity index (χ0n) is 26.3. The summed E-state index contributed by atoms with van der Waals surface area (Å²) in [6.45, 7) is 2.71. The van der Waals surface area contributed by atoms with Crippen LogP contribution in [0.2, 0.25) is 0 Å². The number of unbranched alkanes of at least 4 members (excludes halogenated alkanes) is 10. The lowest BCUT2D eigenvalue weighted by Crippen LogP contribution is -2.49. The molecule has 0 fully saturated rings. The lowest BCUT2D eigenvalue weighted by atomic mass is 9.99. The van der Waals surface area contributed by atoms with Crippen molar-refractivity contribution in [2.45, 2.75) is 135 Å². The Balaban J connectivity index is 1.88. The van der Waals surface area contributed by atoms with Crippen molar-refractivity contribution >= 4 is 17.8 Å². The van der Waals surface area contributed by atoms with Crippen LogP contribution in [0.5, 0.6) is 0 Å². The minimum Gasteiger partial charge on any atom is -0.461 e. The van der Waals surface area contributed by atoms with Crippen LogP contribution >= 0.6 is 0 Å². The molecule has 1 aromatic heterocycles. The second-order valence-corrected chi connectivity index (χ2v) is 11.6. The highest BCUT2D eigenvalue weighted by molar-refractivity contribution is 5.83. The summed E-state index contributed by atoms with van der Waals surface area (Å²) in [5.74, 6) is -1.02. The van der Waals surface area contributed by atoms with Crippen molar-refractivity contribution in [1.82, 2.24) is 9.88 Å². The Morgan fingerprint density at radius 3 is 2.05 bits per heavy atom. The van der Waals surface area contributed by atoms with E-state index < -0.39 is 11.9 Å². The number of esters is 1. The first-order valence-electron chi connectivity index (χ1n) is 16.3. The Bertz CT molecular complexity index is 1030. The number of pyridine rings is 1. The predicted molar refractivity (Wildman–Crippen MR) is 172 cm³/mol. The van der Waals surface area contributed by atoms with Gasteiger partial charge in [-0.1, -0.05) is 114 Å². The van der Waals surface area contributed by atoms with Gasteiger partial charge in [0, 0.05) is 25.1 Å². The molecule has 0 bridgehead atoms. The van der Waals surface area contributed by atoms with Crippen molar-refractivity contribution in [1.29, 1.82) is 0 Å². The van der Waals surface area contributed by atoms with Crippen LogP contribution in [-0.2, 0) is 32.3 Å². The third-order valence-electron chi connectivity index (χ3n) is 7.82. The number of rotatable bonds is 24. The summed E-state index contributed by atoms with van der Waals surface area (Å²) in [5.41, 5.74) is 13.7. The summed E-state index contributed by atoms with van der Waals surface area (Å²) < 4.78 is 5.35. The smallest absolute Gasteiger partial charge is 0.306 e. The van der Waals surface area contributed by atoms with Crippen molar-refractivity contribution in [3.05, 3.63) is 66.0 Å². The standard InChI is InChI=1S/C35H54N4O4/c1-2-3-4-5-6-7-8-9-10-11-15-22-31(26-33(37)40)39(27-30-21-16-17-25-38-30)35(42)32(36)23-18-24-34(41)43-28-29-19-13-12-14-20-29/h12-14,16-17,19-21,25,31-32H,2-11,15,18,22-24,26-28,36H2,1H3,(H2,37,40)/t31-,32-/m0/s1. The Morgan fingerprint density at radius 1 is 0.814 bits per heavy atom. The van der Waals surface area contributed by atoms with Crippen LogP contribution in [0.1, 0.15) is 121 Å². The van der Waals surface area contributed by atoms with Crippen LogP contribution in [0.15, 0.2) is 54.7 Å². The third-order valence-corrected chi connectivity index (χ3v) is 7.82. The maximum Gasteiger partial charge on any atom is 0.306 e. The summed E-state index contributed by atoms with van der Waals surface area (Å²) in [7, 11) is 0. The van der Waals surface area contributed by atoms with E-state index in [0.717, 1.165) is 30.5 Å². The topological polar surface area (TPSA) is 129 Å². The number of benzene rings is 1. The van der Waals surface area contributed by atoms with E-state index in [1.165, 1.54) is 51.4 Å². The maximum atomic E-state index is 13.7. The van der Waals surface area contributed by atoms with Crippen LogP contribution < -0.4 is 11.5 Å². The van der Waals surface area contributed by atoms with Gasteiger partial charge in [0.25, 0.3) is 0 Å². The first-order chi connectivity index (χ1) is 20.9. The van der Waals surface area contributed by atoms with Crippen LogP contribution in [0.3, 0.4) is 0 Å². The van der Waals surface area contributed by atoms with Crippen molar-refractivity contribution in [3.8, 4) is 0 Å². The molecule has 0 unspecified atom stereocenters. The minimum absolute atomic E-state index is 0.0782. The van der Waals surface area contributed by atoms with Gasteiger partial charge in [0.1, 0.15) is 6.61 Å². The average Bonchev–Trinajstić information content (AvgIpc) is 3.01. The number of nitrogens with zero attached hydrogens (tertiary/aromatic N) is 2. The largest absolute Gasteiger partial charge is 0.461 e. The van der Waals surface area contributed by atoms with Gasteiger partial charge in [0.2, 0.25) is 11.8 Å². The van der Waals surface area contributed by atoms with Gasteiger partial charge in [-0.05, 0) is 37.0 Å². The van der Waals surface area contributed by atoms with Crippen molar-refractivity contribution < 1.29 is 19.1 Å². The molecule has 1 aromatic carbocycles. The molecule has 1 heterocycles. The number of primary amides is 1. The SMILES string of the molecule is CCCCCCCCCCCCC[C@@H](CC(N)=O)N(Cc1ccccn1)C(=O)[C@@H](N)CCCC(=O)OCc1ccccc1. The Kier molecular flexibility index (Phi) is 18.6. The van der Waals surface area contributed by atoms with Gasteiger partial charge in [0.05, 0.1) is 18.3 Å². The zero-order valence-corrected chi connectivity index (χ0v) is 26.3. The molecule has 2 amide bonds. The van der Waals surface area contributed by atoms with Crippen LogP contribution in [0, 0.1) is 0 Å². The number of carbonyl (C=O) groups excluding carboxylic acids is 3. The van der Waals surface area contributed by atoms with E-state index in [-0.39, 0.29) is 43.9 Å². The van der Waals surface area contributed by atoms with Gasteiger partial charge >= 0.3 is 5.97 Å². The van der Waals surface area contributed by atoms with Gasteiger partial charge < -0.3 is 21.1 Å². The van der Waals surface area contributed by atoms with Gasteiger partial charge in [-0.2, -0.15) is 0 Å². The maximum absolute atomic E-state index is 13.7. The fourth-order valence-corrected chi connectivity index (χ4v) is 5.31. The van der Waals surface area contributed by atoms with E-state index in [4.69, 9.17) is 16.2 Å². The third kappa shape index (κ3) is 16.2. The van der Waals surface area contributed by atoms with Crippen molar-refractivity contribution in [2.75, 3.05) is 0 Å². The summed E-state index contributed by atoms with van der Waals surface area (Å²) in [6.07, 6.45) is 16.9. The second kappa shape index (κ2) is 22.3. The first-order valence-corrected chi connectivity index (χ1v) is 16.3. The summed E-state index contributed by atoms with van der Waals surface area (Å²) >= 11 is 0.